The maximum Gasteiger partial charge on any atom is 0.313 e. The maximum atomic E-state index is 12.8. The quantitative estimate of drug-likeness (QED) is 0.446. The van der Waals surface area contributed by atoms with Crippen LogP contribution >= 0.6 is 0 Å². The second-order valence-corrected chi connectivity index (χ2v) is 9.65. The Labute approximate surface area is 185 Å². The van der Waals surface area contributed by atoms with Crippen molar-refractivity contribution in [3.63, 3.8) is 0 Å². The van der Waals surface area contributed by atoms with Crippen LogP contribution in [0.15, 0.2) is 30.3 Å². The van der Waals surface area contributed by atoms with Crippen LogP contribution in [0.1, 0.15) is 88.7 Å². The average Bonchev–Trinajstić information content (AvgIpc) is 3.15. The summed E-state index contributed by atoms with van der Waals surface area (Å²) in [5.74, 6) is -0.156. The van der Waals surface area contributed by atoms with Gasteiger partial charge in [-0.15, -0.1) is 0 Å². The Morgan fingerprint density at radius 1 is 1.16 bits per heavy atom. The molecule has 3 rings (SSSR count). The number of esters is 1. The molecule has 5 heteroatoms. The van der Waals surface area contributed by atoms with Crippen molar-refractivity contribution in [2.75, 3.05) is 7.11 Å². The van der Waals surface area contributed by atoms with Crippen molar-refractivity contribution < 1.29 is 9.53 Å². The first-order valence-corrected chi connectivity index (χ1v) is 11.2. The molecule has 0 spiro atoms. The molecule has 0 N–H and O–H groups in total. The Kier molecular flexibility index (Phi) is 6.54. The number of nitrogens with zero attached hydrogens (tertiary/aromatic N) is 3. The van der Waals surface area contributed by atoms with Gasteiger partial charge < -0.3 is 4.74 Å². The predicted molar refractivity (Wildman–Crippen MR) is 126 cm³/mol. The molecule has 31 heavy (non-hydrogen) atoms. The minimum absolute atomic E-state index is 0.105. The predicted octanol–water partition coefficient (Wildman–Crippen LogP) is 6.18. The number of aromatic nitrogens is 3. The molecule has 5 nitrogen and oxygen atoms in total. The number of fused-ring (bicyclic) bond motifs is 1. The number of methoxy groups -OCH3 is 1. The zero-order valence-electron chi connectivity index (χ0n) is 20.1. The van der Waals surface area contributed by atoms with E-state index >= 15 is 0 Å². The summed E-state index contributed by atoms with van der Waals surface area (Å²) in [6.07, 6.45) is 1.57. The highest BCUT2D eigenvalue weighted by Crippen LogP contribution is 2.36. The van der Waals surface area contributed by atoms with E-state index in [-0.39, 0.29) is 17.3 Å². The summed E-state index contributed by atoms with van der Waals surface area (Å²) >= 11 is 0. The fraction of sp³-hybridized carbons (Fsp3) is 0.500. The zero-order valence-corrected chi connectivity index (χ0v) is 20.1. The van der Waals surface area contributed by atoms with E-state index in [2.05, 4.69) is 71.9 Å². The highest BCUT2D eigenvalue weighted by atomic mass is 16.5. The van der Waals surface area contributed by atoms with Crippen LogP contribution in [-0.2, 0) is 14.9 Å². The Balaban J connectivity index is 2.37. The number of ether oxygens (including phenoxy) is 1. The summed E-state index contributed by atoms with van der Waals surface area (Å²) in [5.41, 5.74) is 6.66. The minimum Gasteiger partial charge on any atom is -0.469 e. The average molecular weight is 422 g/mol. The van der Waals surface area contributed by atoms with Gasteiger partial charge in [-0.3, -0.25) is 4.79 Å². The van der Waals surface area contributed by atoms with E-state index in [9.17, 15) is 4.79 Å². The molecule has 0 aliphatic carbocycles. The lowest BCUT2D eigenvalue weighted by atomic mass is 9.89. The molecule has 0 radical (unpaired) electrons. The Morgan fingerprint density at radius 3 is 2.32 bits per heavy atom. The van der Waals surface area contributed by atoms with Gasteiger partial charge in [0.25, 0.3) is 0 Å². The number of hydrogen-bond donors (Lipinski definition) is 0. The van der Waals surface area contributed by atoms with Gasteiger partial charge >= 0.3 is 5.97 Å². The topological polar surface area (TPSA) is 56.5 Å². The summed E-state index contributed by atoms with van der Waals surface area (Å²) < 4.78 is 7.11. The van der Waals surface area contributed by atoms with Crippen LogP contribution in [-0.4, -0.2) is 27.7 Å². The second-order valence-electron chi connectivity index (χ2n) is 9.65. The Bertz CT molecular complexity index is 1070. The molecule has 0 aliphatic heterocycles. The van der Waals surface area contributed by atoms with Gasteiger partial charge in [-0.1, -0.05) is 72.2 Å². The van der Waals surface area contributed by atoms with E-state index in [0.29, 0.717) is 12.3 Å². The molecule has 0 saturated heterocycles. The largest absolute Gasteiger partial charge is 0.469 e. The van der Waals surface area contributed by atoms with Crippen molar-refractivity contribution in [3.05, 3.63) is 52.8 Å². The first-order valence-electron chi connectivity index (χ1n) is 11.2. The summed E-state index contributed by atoms with van der Waals surface area (Å²) in [6, 6.07) is 10.6. The highest BCUT2D eigenvalue weighted by Gasteiger charge is 2.30. The highest BCUT2D eigenvalue weighted by molar-refractivity contribution is 5.83. The van der Waals surface area contributed by atoms with Crippen molar-refractivity contribution in [1.29, 1.82) is 0 Å². The zero-order chi connectivity index (χ0) is 22.9. The number of rotatable bonds is 6. The molecular formula is C26H35N3O2. The standard InChI is InChI=1S/C26H35N3O2/c1-9-10-20(25(30)31-8)23-17(4)27-22-15-21(26(5,6)7)28-29(22)24(23)19-13-11-18(12-14-19)16(2)3/h11-16,20H,9-10H2,1-8H3. The van der Waals surface area contributed by atoms with E-state index < -0.39 is 0 Å². The summed E-state index contributed by atoms with van der Waals surface area (Å²) in [6.45, 7) is 14.9. The van der Waals surface area contributed by atoms with Crippen molar-refractivity contribution in [3.8, 4) is 11.3 Å². The van der Waals surface area contributed by atoms with E-state index in [1.54, 1.807) is 0 Å². The molecule has 1 unspecified atom stereocenters. The third-order valence-electron chi connectivity index (χ3n) is 5.86. The molecule has 0 aliphatic rings. The molecule has 166 valence electrons. The lowest BCUT2D eigenvalue weighted by molar-refractivity contribution is -0.142. The fourth-order valence-corrected chi connectivity index (χ4v) is 4.03. The molecule has 0 fully saturated rings. The van der Waals surface area contributed by atoms with Crippen LogP contribution in [0.25, 0.3) is 16.9 Å². The summed E-state index contributed by atoms with van der Waals surface area (Å²) in [7, 11) is 1.45. The van der Waals surface area contributed by atoms with E-state index in [4.69, 9.17) is 14.8 Å². The molecule has 0 bridgehead atoms. The summed E-state index contributed by atoms with van der Waals surface area (Å²) in [4.78, 5) is 17.7. The normalized spacial score (nSPS) is 13.1. The molecule has 0 saturated carbocycles. The third kappa shape index (κ3) is 4.51. The van der Waals surface area contributed by atoms with E-state index in [1.165, 1.54) is 12.7 Å². The van der Waals surface area contributed by atoms with Gasteiger partial charge in [-0.25, -0.2) is 9.50 Å². The summed E-state index contributed by atoms with van der Waals surface area (Å²) in [5, 5.41) is 4.95. The van der Waals surface area contributed by atoms with Crippen molar-refractivity contribution in [2.24, 2.45) is 0 Å². The first kappa shape index (κ1) is 23.0. The number of benzene rings is 1. The number of carbonyl (C=O) groups excluding carboxylic acids is 1. The van der Waals surface area contributed by atoms with Gasteiger partial charge in [0.2, 0.25) is 0 Å². The minimum atomic E-state index is -0.381. The first-order chi connectivity index (χ1) is 14.6. The van der Waals surface area contributed by atoms with Crippen molar-refractivity contribution >= 4 is 11.6 Å². The van der Waals surface area contributed by atoms with Crippen molar-refractivity contribution in [1.82, 2.24) is 14.6 Å². The van der Waals surface area contributed by atoms with Gasteiger partial charge in [-0.2, -0.15) is 5.10 Å². The van der Waals surface area contributed by atoms with Crippen LogP contribution in [0.2, 0.25) is 0 Å². The molecular weight excluding hydrogens is 386 g/mol. The molecule has 2 heterocycles. The number of carbonyl (C=O) groups is 1. The smallest absolute Gasteiger partial charge is 0.313 e. The number of aryl methyl sites for hydroxylation is 1. The van der Waals surface area contributed by atoms with E-state index in [0.717, 1.165) is 40.3 Å². The fourth-order valence-electron chi connectivity index (χ4n) is 4.03. The lowest BCUT2D eigenvalue weighted by Crippen LogP contribution is -2.19. The second kappa shape index (κ2) is 8.81. The van der Waals surface area contributed by atoms with Crippen LogP contribution in [0, 0.1) is 6.92 Å². The van der Waals surface area contributed by atoms with Gasteiger partial charge in [-0.05, 0) is 24.8 Å². The van der Waals surface area contributed by atoms with Gasteiger partial charge in [0.05, 0.1) is 24.4 Å². The third-order valence-corrected chi connectivity index (χ3v) is 5.86. The molecule has 0 amide bonds. The van der Waals surface area contributed by atoms with Gasteiger partial charge in [0.15, 0.2) is 5.65 Å². The van der Waals surface area contributed by atoms with Crippen molar-refractivity contribution in [2.45, 2.75) is 78.6 Å². The Morgan fingerprint density at radius 2 is 1.81 bits per heavy atom. The Hall–Kier alpha value is -2.69. The van der Waals surface area contributed by atoms with Crippen LogP contribution in [0.3, 0.4) is 0 Å². The maximum absolute atomic E-state index is 12.8. The molecule has 1 aromatic carbocycles. The SMILES string of the molecule is CCCC(C(=O)OC)c1c(C)nc2cc(C(C)(C)C)nn2c1-c1ccc(C(C)C)cc1. The molecule has 1 atom stereocenters. The van der Waals surface area contributed by atoms with Crippen LogP contribution in [0.4, 0.5) is 0 Å². The number of hydrogen-bond acceptors (Lipinski definition) is 4. The van der Waals surface area contributed by atoms with Crippen LogP contribution < -0.4 is 0 Å². The van der Waals surface area contributed by atoms with Gasteiger partial charge in [0, 0.05) is 28.3 Å². The monoisotopic (exact) mass is 421 g/mol. The van der Waals surface area contributed by atoms with E-state index in [1.807, 2.05) is 11.4 Å². The van der Waals surface area contributed by atoms with Crippen LogP contribution in [0.5, 0.6) is 0 Å². The van der Waals surface area contributed by atoms with Gasteiger partial charge in [0.1, 0.15) is 0 Å². The molecule has 2 aromatic heterocycles. The molecule has 3 aromatic rings. The lowest BCUT2D eigenvalue weighted by Gasteiger charge is -2.21.